The molecule has 108 valence electrons. The molecule has 1 heterocycles. The molecule has 0 aromatic heterocycles. The minimum atomic E-state index is -4.49. The molecule has 0 spiro atoms. The third-order valence-corrected chi connectivity index (χ3v) is 3.44. The molecule has 3 nitrogen and oxygen atoms in total. The summed E-state index contributed by atoms with van der Waals surface area (Å²) in [5.74, 6) is 0. The zero-order valence-corrected chi connectivity index (χ0v) is 11.2. The molecular formula is C13H12ClF3N2O. The Hall–Kier alpha value is -1.29. The summed E-state index contributed by atoms with van der Waals surface area (Å²) in [6.45, 7) is 1.62. The molecule has 1 unspecified atom stereocenters. The van der Waals surface area contributed by atoms with E-state index >= 15 is 0 Å². The minimum Gasteiger partial charge on any atom is -0.371 e. The van der Waals surface area contributed by atoms with Crippen LogP contribution in [0.5, 0.6) is 0 Å². The monoisotopic (exact) mass is 304 g/mol. The van der Waals surface area contributed by atoms with Gasteiger partial charge in [-0.05, 0) is 17.7 Å². The van der Waals surface area contributed by atoms with Crippen LogP contribution in [0.25, 0.3) is 0 Å². The Morgan fingerprint density at radius 2 is 2.20 bits per heavy atom. The number of hydrogen-bond donors (Lipinski definition) is 0. The van der Waals surface area contributed by atoms with Crippen LogP contribution in [-0.4, -0.2) is 31.1 Å². The minimum absolute atomic E-state index is 0.236. The van der Waals surface area contributed by atoms with E-state index in [4.69, 9.17) is 21.6 Å². The highest BCUT2D eigenvalue weighted by Crippen LogP contribution is 2.37. The van der Waals surface area contributed by atoms with Gasteiger partial charge in [-0.2, -0.15) is 18.4 Å². The lowest BCUT2D eigenvalue weighted by atomic mass is 10.0. The smallest absolute Gasteiger partial charge is 0.371 e. The lowest BCUT2D eigenvalue weighted by molar-refractivity contribution is -0.137. The maximum Gasteiger partial charge on any atom is 0.417 e. The highest BCUT2D eigenvalue weighted by molar-refractivity contribution is 6.31. The summed E-state index contributed by atoms with van der Waals surface area (Å²) in [6.07, 6.45) is -4.97. The van der Waals surface area contributed by atoms with Crippen molar-refractivity contribution in [2.45, 2.75) is 12.3 Å². The van der Waals surface area contributed by atoms with E-state index in [1.54, 1.807) is 0 Å². The van der Waals surface area contributed by atoms with E-state index in [1.165, 1.54) is 12.1 Å². The van der Waals surface area contributed by atoms with Crippen molar-refractivity contribution in [2.75, 3.05) is 26.2 Å². The van der Waals surface area contributed by atoms with Crippen molar-refractivity contribution in [3.05, 3.63) is 34.3 Å². The van der Waals surface area contributed by atoms with E-state index in [1.807, 2.05) is 11.0 Å². The van der Waals surface area contributed by atoms with Gasteiger partial charge in [-0.25, -0.2) is 0 Å². The van der Waals surface area contributed by atoms with Crippen LogP contribution in [0.4, 0.5) is 13.2 Å². The highest BCUT2D eigenvalue weighted by atomic mass is 35.5. The second-order valence-electron chi connectivity index (χ2n) is 4.49. The topological polar surface area (TPSA) is 36.3 Å². The van der Waals surface area contributed by atoms with Gasteiger partial charge in [0.15, 0.2) is 0 Å². The average Bonchev–Trinajstić information content (AvgIpc) is 2.38. The van der Waals surface area contributed by atoms with Gasteiger partial charge < -0.3 is 4.74 Å². The largest absolute Gasteiger partial charge is 0.417 e. The molecule has 1 aromatic rings. The number of nitrogens with zero attached hydrogens (tertiary/aromatic N) is 2. The first-order valence-corrected chi connectivity index (χ1v) is 6.37. The zero-order chi connectivity index (χ0) is 14.8. The van der Waals surface area contributed by atoms with Crippen LogP contribution < -0.4 is 0 Å². The fraction of sp³-hybridized carbons (Fsp3) is 0.462. The van der Waals surface area contributed by atoms with Crippen LogP contribution in [0.3, 0.4) is 0 Å². The predicted molar refractivity (Wildman–Crippen MR) is 67.2 cm³/mol. The molecule has 0 amide bonds. The molecule has 0 bridgehead atoms. The van der Waals surface area contributed by atoms with Crippen LogP contribution in [0.1, 0.15) is 17.2 Å². The highest BCUT2D eigenvalue weighted by Gasteiger charge is 2.34. The van der Waals surface area contributed by atoms with E-state index in [2.05, 4.69) is 0 Å². The fourth-order valence-corrected chi connectivity index (χ4v) is 2.33. The van der Waals surface area contributed by atoms with Crippen molar-refractivity contribution in [1.82, 2.24) is 4.90 Å². The Kier molecular flexibility index (Phi) is 4.53. The number of rotatable bonds is 2. The van der Waals surface area contributed by atoms with Gasteiger partial charge in [0.1, 0.15) is 0 Å². The normalized spacial score (nSPS) is 20.6. The molecular weight excluding hydrogens is 293 g/mol. The number of nitriles is 1. The first-order chi connectivity index (χ1) is 9.41. The Labute approximate surface area is 119 Å². The van der Waals surface area contributed by atoms with Gasteiger partial charge in [0.25, 0.3) is 0 Å². The maximum absolute atomic E-state index is 12.8. The van der Waals surface area contributed by atoms with Gasteiger partial charge in [0, 0.05) is 13.1 Å². The van der Waals surface area contributed by atoms with Crippen molar-refractivity contribution < 1.29 is 17.9 Å². The van der Waals surface area contributed by atoms with Crippen molar-refractivity contribution >= 4 is 11.6 Å². The molecule has 1 aliphatic heterocycles. The lowest BCUT2D eigenvalue weighted by Gasteiger charge is -2.31. The summed E-state index contributed by atoms with van der Waals surface area (Å²) >= 11 is 5.58. The van der Waals surface area contributed by atoms with E-state index in [0.717, 1.165) is 6.07 Å². The molecule has 0 N–H and O–H groups in total. The molecule has 0 aliphatic carbocycles. The molecule has 1 saturated heterocycles. The molecule has 1 aromatic carbocycles. The van der Waals surface area contributed by atoms with Gasteiger partial charge >= 0.3 is 6.18 Å². The van der Waals surface area contributed by atoms with Crippen LogP contribution in [0, 0.1) is 11.3 Å². The predicted octanol–water partition coefficient (Wildman–Crippen LogP) is 3.26. The summed E-state index contributed by atoms with van der Waals surface area (Å²) < 4.78 is 43.9. The van der Waals surface area contributed by atoms with Gasteiger partial charge in [0.05, 0.1) is 35.9 Å². The Bertz CT molecular complexity index is 527. The van der Waals surface area contributed by atoms with Crippen LogP contribution in [0.15, 0.2) is 18.2 Å². The molecule has 1 fully saturated rings. The first-order valence-electron chi connectivity index (χ1n) is 5.99. The number of alkyl halides is 3. The summed E-state index contributed by atoms with van der Waals surface area (Å²) in [6, 6.07) is 5.79. The van der Waals surface area contributed by atoms with Gasteiger partial charge in [0.2, 0.25) is 0 Å². The molecule has 0 radical (unpaired) electrons. The Morgan fingerprint density at radius 3 is 2.85 bits per heavy atom. The molecule has 2 rings (SSSR count). The van der Waals surface area contributed by atoms with Crippen LogP contribution >= 0.6 is 11.6 Å². The second-order valence-corrected chi connectivity index (χ2v) is 4.90. The third kappa shape index (κ3) is 3.42. The van der Waals surface area contributed by atoms with Crippen molar-refractivity contribution in [3.63, 3.8) is 0 Å². The number of halogens is 4. The summed E-state index contributed by atoms with van der Waals surface area (Å²) in [5.41, 5.74) is -0.443. The number of morpholine rings is 1. The summed E-state index contributed by atoms with van der Waals surface area (Å²) in [5, 5.41) is 8.34. The quantitative estimate of drug-likeness (QED) is 0.787. The Morgan fingerprint density at radius 1 is 1.45 bits per heavy atom. The van der Waals surface area contributed by atoms with E-state index in [0.29, 0.717) is 25.3 Å². The molecule has 7 heteroatoms. The molecule has 1 atom stereocenters. The lowest BCUT2D eigenvalue weighted by Crippen LogP contribution is -2.38. The SMILES string of the molecule is N#CCN1CCOC(c2ccc(Cl)c(C(F)(F)F)c2)C1. The maximum atomic E-state index is 12.8. The molecule has 20 heavy (non-hydrogen) atoms. The fourth-order valence-electron chi connectivity index (χ4n) is 2.11. The number of ether oxygens (including phenoxy) is 1. The Balaban J connectivity index is 2.23. The van der Waals surface area contributed by atoms with Gasteiger partial charge in [-0.3, -0.25) is 4.90 Å². The van der Waals surface area contributed by atoms with Crippen molar-refractivity contribution in [2.24, 2.45) is 0 Å². The van der Waals surface area contributed by atoms with Crippen molar-refractivity contribution in [1.29, 1.82) is 5.26 Å². The second kappa shape index (κ2) is 6.00. The number of hydrogen-bond acceptors (Lipinski definition) is 3. The number of benzene rings is 1. The van der Waals surface area contributed by atoms with Crippen LogP contribution in [-0.2, 0) is 10.9 Å². The van der Waals surface area contributed by atoms with E-state index in [-0.39, 0.29) is 11.6 Å². The third-order valence-electron chi connectivity index (χ3n) is 3.11. The standard InChI is InChI=1S/C13H12ClF3N2O/c14-11-2-1-9(7-10(11)13(15,16)17)12-8-19(4-3-18)5-6-20-12/h1-2,7,12H,4-6,8H2. The summed E-state index contributed by atoms with van der Waals surface area (Å²) in [4.78, 5) is 1.84. The molecule has 0 saturated carbocycles. The van der Waals surface area contributed by atoms with Gasteiger partial charge in [-0.15, -0.1) is 0 Å². The van der Waals surface area contributed by atoms with Crippen molar-refractivity contribution in [3.8, 4) is 6.07 Å². The van der Waals surface area contributed by atoms with Gasteiger partial charge in [-0.1, -0.05) is 17.7 Å². The van der Waals surface area contributed by atoms with Crippen LogP contribution in [0.2, 0.25) is 5.02 Å². The van der Waals surface area contributed by atoms with E-state index < -0.39 is 17.8 Å². The average molecular weight is 305 g/mol. The van der Waals surface area contributed by atoms with E-state index in [9.17, 15) is 13.2 Å². The molecule has 1 aliphatic rings. The first kappa shape index (κ1) is 15.1. The zero-order valence-electron chi connectivity index (χ0n) is 10.5. The summed E-state index contributed by atoms with van der Waals surface area (Å²) in [7, 11) is 0.